The molecular weight excluding hydrogens is 360 g/mol. The van der Waals surface area contributed by atoms with Gasteiger partial charge in [-0.2, -0.15) is 0 Å². The molecule has 0 unspecified atom stereocenters. The Kier molecular flexibility index (Phi) is 4.99. The number of benzene rings is 2. The smallest absolute Gasteiger partial charge is 0.312 e. The molecule has 4 nitrogen and oxygen atoms in total. The first-order chi connectivity index (χ1) is 13.1. The summed E-state index contributed by atoms with van der Waals surface area (Å²) in [5.41, 5.74) is 4.38. The molecule has 0 radical (unpaired) electrons. The van der Waals surface area contributed by atoms with Crippen LogP contribution in [0.3, 0.4) is 0 Å². The molecule has 1 N–H and O–H groups in total. The molecule has 4 rings (SSSR count). The first-order valence-corrected chi connectivity index (χ1v) is 9.62. The molecule has 0 saturated carbocycles. The number of nitrogens with zero attached hydrogens (tertiary/aromatic N) is 1. The van der Waals surface area contributed by atoms with Crippen LogP contribution in [0, 0.1) is 0 Å². The van der Waals surface area contributed by atoms with Crippen molar-refractivity contribution in [2.75, 3.05) is 13.1 Å². The fraction of sp³-hybridized carbons (Fsp3) is 0.273. The summed E-state index contributed by atoms with van der Waals surface area (Å²) in [6.45, 7) is 0.924. The zero-order valence-electron chi connectivity index (χ0n) is 15.0. The number of carbonyl (C=O) groups is 2. The summed E-state index contributed by atoms with van der Waals surface area (Å²) < 4.78 is 0. The Balaban J connectivity index is 1.42. The maximum atomic E-state index is 12.6. The number of hydrogen-bond acceptors (Lipinski definition) is 2. The predicted octanol–water partition coefficient (Wildman–Crippen LogP) is 3.76. The van der Waals surface area contributed by atoms with Crippen LogP contribution in [0.25, 0.3) is 5.57 Å². The Morgan fingerprint density at radius 2 is 1.93 bits per heavy atom. The van der Waals surface area contributed by atoms with Gasteiger partial charge >= 0.3 is 11.8 Å². The van der Waals surface area contributed by atoms with E-state index in [0.717, 1.165) is 36.0 Å². The number of nitrogens with one attached hydrogen (secondary N) is 1. The Labute approximate surface area is 163 Å². The number of rotatable bonds is 2. The maximum Gasteiger partial charge on any atom is 0.312 e. The molecule has 2 aliphatic rings. The van der Waals surface area contributed by atoms with Crippen molar-refractivity contribution in [1.29, 1.82) is 0 Å². The van der Waals surface area contributed by atoms with Gasteiger partial charge in [0.25, 0.3) is 0 Å². The second-order valence-electron chi connectivity index (χ2n) is 7.04. The summed E-state index contributed by atoms with van der Waals surface area (Å²) in [5, 5.41) is 3.57. The summed E-state index contributed by atoms with van der Waals surface area (Å²) >= 11 is 6.12. The van der Waals surface area contributed by atoms with Gasteiger partial charge in [-0.3, -0.25) is 9.59 Å². The SMILES string of the molecule is O=C(N[C@@H]1CCCc2ccc(Cl)cc21)C(=O)N1CC=C(c2ccccc2)C1. The van der Waals surface area contributed by atoms with Crippen molar-refractivity contribution in [2.45, 2.75) is 25.3 Å². The van der Waals surface area contributed by atoms with Gasteiger partial charge in [0.1, 0.15) is 0 Å². The van der Waals surface area contributed by atoms with Gasteiger partial charge in [-0.1, -0.05) is 54.1 Å². The van der Waals surface area contributed by atoms with Crippen LogP contribution in [0.15, 0.2) is 54.6 Å². The van der Waals surface area contributed by atoms with Crippen molar-refractivity contribution in [3.05, 3.63) is 76.3 Å². The highest BCUT2D eigenvalue weighted by atomic mass is 35.5. The van der Waals surface area contributed by atoms with Crippen LogP contribution >= 0.6 is 11.6 Å². The Morgan fingerprint density at radius 1 is 1.11 bits per heavy atom. The van der Waals surface area contributed by atoms with Gasteiger partial charge < -0.3 is 10.2 Å². The van der Waals surface area contributed by atoms with Gasteiger partial charge in [0.05, 0.1) is 6.04 Å². The standard InChI is InChI=1S/C22H21ClN2O2/c23-18-10-9-16-7-4-8-20(19(16)13-18)24-21(26)22(27)25-12-11-17(14-25)15-5-2-1-3-6-15/h1-3,5-6,9-11,13,20H,4,7-8,12,14H2,(H,24,26)/t20-/m1/s1. The van der Waals surface area contributed by atoms with Crippen molar-refractivity contribution in [3.8, 4) is 0 Å². The van der Waals surface area contributed by atoms with Gasteiger partial charge in [0, 0.05) is 18.1 Å². The molecular formula is C22H21ClN2O2. The van der Waals surface area contributed by atoms with Crippen molar-refractivity contribution < 1.29 is 9.59 Å². The van der Waals surface area contributed by atoms with Crippen LogP contribution in [0.5, 0.6) is 0 Å². The predicted molar refractivity (Wildman–Crippen MR) is 106 cm³/mol. The Bertz CT molecular complexity index is 908. The van der Waals surface area contributed by atoms with E-state index < -0.39 is 11.8 Å². The summed E-state index contributed by atoms with van der Waals surface area (Å²) in [4.78, 5) is 26.8. The second-order valence-corrected chi connectivity index (χ2v) is 7.48. The lowest BCUT2D eigenvalue weighted by molar-refractivity contribution is -0.145. The van der Waals surface area contributed by atoms with E-state index in [4.69, 9.17) is 11.6 Å². The van der Waals surface area contributed by atoms with Gasteiger partial charge in [0.2, 0.25) is 0 Å². The van der Waals surface area contributed by atoms with Crippen molar-refractivity contribution in [1.82, 2.24) is 10.2 Å². The minimum atomic E-state index is -0.546. The second kappa shape index (κ2) is 7.57. The third-order valence-corrected chi connectivity index (χ3v) is 5.51. The van der Waals surface area contributed by atoms with E-state index >= 15 is 0 Å². The van der Waals surface area contributed by atoms with E-state index in [1.54, 1.807) is 4.90 Å². The van der Waals surface area contributed by atoms with Gasteiger partial charge in [-0.25, -0.2) is 0 Å². The lowest BCUT2D eigenvalue weighted by Gasteiger charge is -2.27. The van der Waals surface area contributed by atoms with Crippen LogP contribution in [-0.2, 0) is 16.0 Å². The number of hydrogen-bond donors (Lipinski definition) is 1. The Hall–Kier alpha value is -2.59. The van der Waals surface area contributed by atoms with E-state index in [9.17, 15) is 9.59 Å². The Morgan fingerprint density at radius 3 is 2.74 bits per heavy atom. The summed E-state index contributed by atoms with van der Waals surface area (Å²) in [6, 6.07) is 15.6. The van der Waals surface area contributed by atoms with E-state index in [-0.39, 0.29) is 6.04 Å². The van der Waals surface area contributed by atoms with E-state index in [0.29, 0.717) is 18.1 Å². The molecule has 1 atom stereocenters. The first-order valence-electron chi connectivity index (χ1n) is 9.24. The fourth-order valence-corrected chi connectivity index (χ4v) is 4.04. The summed E-state index contributed by atoms with van der Waals surface area (Å²) in [6.07, 6.45) is 4.79. The molecule has 1 heterocycles. The van der Waals surface area contributed by atoms with Crippen LogP contribution in [-0.4, -0.2) is 29.8 Å². The minimum Gasteiger partial charge on any atom is -0.341 e. The van der Waals surface area contributed by atoms with Crippen LogP contribution < -0.4 is 5.32 Å². The molecule has 0 aromatic heterocycles. The highest BCUT2D eigenvalue weighted by Crippen LogP contribution is 2.31. The van der Waals surface area contributed by atoms with Gasteiger partial charge in [-0.05, 0) is 53.7 Å². The van der Waals surface area contributed by atoms with Gasteiger partial charge in [-0.15, -0.1) is 0 Å². The van der Waals surface area contributed by atoms with E-state index in [2.05, 4.69) is 5.32 Å². The molecule has 2 amide bonds. The minimum absolute atomic E-state index is 0.159. The fourth-order valence-electron chi connectivity index (χ4n) is 3.85. The monoisotopic (exact) mass is 380 g/mol. The van der Waals surface area contributed by atoms with Crippen molar-refractivity contribution >= 4 is 29.0 Å². The van der Waals surface area contributed by atoms with Crippen molar-refractivity contribution in [2.24, 2.45) is 0 Å². The molecule has 2 aromatic rings. The highest BCUT2D eigenvalue weighted by molar-refractivity contribution is 6.35. The summed E-state index contributed by atoms with van der Waals surface area (Å²) in [5.74, 6) is -1.03. The lowest BCUT2D eigenvalue weighted by atomic mass is 9.87. The van der Waals surface area contributed by atoms with Crippen molar-refractivity contribution in [3.63, 3.8) is 0 Å². The molecule has 2 aromatic carbocycles. The topological polar surface area (TPSA) is 49.4 Å². The normalized spacial score (nSPS) is 18.6. The molecule has 0 fully saturated rings. The largest absolute Gasteiger partial charge is 0.341 e. The van der Waals surface area contributed by atoms with Crippen LogP contribution in [0.2, 0.25) is 5.02 Å². The molecule has 0 saturated heterocycles. The molecule has 1 aliphatic carbocycles. The molecule has 0 bridgehead atoms. The highest BCUT2D eigenvalue weighted by Gasteiger charge is 2.29. The van der Waals surface area contributed by atoms with E-state index in [1.165, 1.54) is 5.56 Å². The third kappa shape index (κ3) is 3.76. The number of carbonyl (C=O) groups excluding carboxylic acids is 2. The molecule has 5 heteroatoms. The molecule has 27 heavy (non-hydrogen) atoms. The molecule has 0 spiro atoms. The lowest BCUT2D eigenvalue weighted by Crippen LogP contribution is -2.43. The first kappa shape index (κ1) is 17.8. The number of fused-ring (bicyclic) bond motifs is 1. The quantitative estimate of drug-likeness (QED) is 0.806. The average molecular weight is 381 g/mol. The number of aryl methyl sites for hydroxylation is 1. The van der Waals surface area contributed by atoms with Gasteiger partial charge in [0.15, 0.2) is 0 Å². The van der Waals surface area contributed by atoms with Crippen LogP contribution in [0.1, 0.15) is 35.6 Å². The van der Waals surface area contributed by atoms with Crippen LogP contribution in [0.4, 0.5) is 0 Å². The molecule has 1 aliphatic heterocycles. The maximum absolute atomic E-state index is 12.6. The zero-order chi connectivity index (χ0) is 18.8. The third-order valence-electron chi connectivity index (χ3n) is 5.27. The molecule has 138 valence electrons. The average Bonchev–Trinajstić information content (AvgIpc) is 3.18. The number of halogens is 1. The number of amides is 2. The zero-order valence-corrected chi connectivity index (χ0v) is 15.7. The van der Waals surface area contributed by atoms with E-state index in [1.807, 2.05) is 54.6 Å². The summed E-state index contributed by atoms with van der Waals surface area (Å²) in [7, 11) is 0.